The van der Waals surface area contributed by atoms with Crippen molar-refractivity contribution in [3.05, 3.63) is 52.8 Å². The first-order valence-electron chi connectivity index (χ1n) is 6.23. The summed E-state index contributed by atoms with van der Waals surface area (Å²) in [6, 6.07) is 9.46. The van der Waals surface area contributed by atoms with Gasteiger partial charge in [0.1, 0.15) is 5.82 Å². The number of halogens is 2. The van der Waals surface area contributed by atoms with Gasteiger partial charge < -0.3 is 15.2 Å². The molecule has 0 bridgehead atoms. The van der Waals surface area contributed by atoms with Crippen LogP contribution < -0.4 is 10.1 Å². The molecule has 0 unspecified atom stereocenters. The highest BCUT2D eigenvalue weighted by Gasteiger charge is 2.08. The number of phenols is 1. The molecule has 2 aromatic carbocycles. The monoisotopic (exact) mass is 295 g/mol. The molecule has 106 valence electrons. The molecule has 0 spiro atoms. The zero-order chi connectivity index (χ0) is 14.5. The van der Waals surface area contributed by atoms with E-state index in [2.05, 4.69) is 5.32 Å². The van der Waals surface area contributed by atoms with Gasteiger partial charge in [-0.05, 0) is 31.2 Å². The van der Waals surface area contributed by atoms with E-state index in [1.165, 1.54) is 12.1 Å². The lowest BCUT2D eigenvalue weighted by Gasteiger charge is -2.12. The van der Waals surface area contributed by atoms with Crippen molar-refractivity contribution in [1.82, 2.24) is 0 Å². The van der Waals surface area contributed by atoms with Gasteiger partial charge in [-0.1, -0.05) is 23.7 Å². The number of hydrogen-bond acceptors (Lipinski definition) is 3. The van der Waals surface area contributed by atoms with Crippen molar-refractivity contribution in [3.8, 4) is 11.5 Å². The Labute approximate surface area is 122 Å². The van der Waals surface area contributed by atoms with Crippen LogP contribution in [0.1, 0.15) is 12.5 Å². The molecule has 0 amide bonds. The molecule has 0 aliphatic carbocycles. The van der Waals surface area contributed by atoms with Gasteiger partial charge in [0, 0.05) is 22.8 Å². The Kier molecular flexibility index (Phi) is 4.69. The van der Waals surface area contributed by atoms with E-state index in [4.69, 9.17) is 16.3 Å². The molecule has 2 aromatic rings. The second kappa shape index (κ2) is 6.48. The molecule has 0 heterocycles. The van der Waals surface area contributed by atoms with Crippen LogP contribution in [-0.2, 0) is 6.54 Å². The maximum Gasteiger partial charge on any atom is 0.162 e. The average Bonchev–Trinajstić information content (AvgIpc) is 2.39. The van der Waals surface area contributed by atoms with E-state index in [1.54, 1.807) is 24.3 Å². The fourth-order valence-corrected chi connectivity index (χ4v) is 2.06. The van der Waals surface area contributed by atoms with E-state index in [9.17, 15) is 9.50 Å². The molecule has 0 radical (unpaired) electrons. The van der Waals surface area contributed by atoms with Crippen molar-refractivity contribution >= 4 is 17.3 Å². The molecule has 0 aromatic heterocycles. The number of benzene rings is 2. The first kappa shape index (κ1) is 14.5. The summed E-state index contributed by atoms with van der Waals surface area (Å²) in [5.74, 6) is 0.112. The topological polar surface area (TPSA) is 41.5 Å². The fourth-order valence-electron chi connectivity index (χ4n) is 1.84. The van der Waals surface area contributed by atoms with Gasteiger partial charge in [-0.3, -0.25) is 0 Å². The Morgan fingerprint density at radius 2 is 2.10 bits per heavy atom. The lowest BCUT2D eigenvalue weighted by molar-refractivity contribution is 0.317. The zero-order valence-electron chi connectivity index (χ0n) is 11.0. The second-order valence-corrected chi connectivity index (χ2v) is 4.65. The van der Waals surface area contributed by atoms with Crippen LogP contribution in [0.25, 0.3) is 0 Å². The third-order valence-electron chi connectivity index (χ3n) is 2.73. The Hall–Kier alpha value is -1.94. The first-order chi connectivity index (χ1) is 9.60. The van der Waals surface area contributed by atoms with E-state index in [0.717, 1.165) is 0 Å². The normalized spacial score (nSPS) is 10.3. The van der Waals surface area contributed by atoms with Gasteiger partial charge in [0.15, 0.2) is 11.5 Å². The lowest BCUT2D eigenvalue weighted by atomic mass is 10.2. The van der Waals surface area contributed by atoms with Crippen molar-refractivity contribution in [2.24, 2.45) is 0 Å². The molecule has 0 aliphatic heterocycles. The Morgan fingerprint density at radius 3 is 2.80 bits per heavy atom. The highest BCUT2D eigenvalue weighted by molar-refractivity contribution is 6.30. The van der Waals surface area contributed by atoms with Crippen LogP contribution in [0.4, 0.5) is 10.1 Å². The van der Waals surface area contributed by atoms with Gasteiger partial charge in [0.05, 0.1) is 6.61 Å². The minimum atomic E-state index is -0.410. The largest absolute Gasteiger partial charge is 0.504 e. The van der Waals surface area contributed by atoms with Crippen LogP contribution >= 0.6 is 11.6 Å². The van der Waals surface area contributed by atoms with Gasteiger partial charge >= 0.3 is 0 Å². The Balaban J connectivity index is 2.12. The van der Waals surface area contributed by atoms with Gasteiger partial charge in [-0.25, -0.2) is 4.39 Å². The van der Waals surface area contributed by atoms with Crippen molar-refractivity contribution in [2.45, 2.75) is 13.5 Å². The summed E-state index contributed by atoms with van der Waals surface area (Å²) in [5, 5.41) is 13.4. The third kappa shape index (κ3) is 3.54. The summed E-state index contributed by atoms with van der Waals surface area (Å²) in [5.41, 5.74) is 1.22. The number of nitrogens with one attached hydrogen (secondary N) is 1. The molecular formula is C15H15ClFNO2. The number of ether oxygens (including phenoxy) is 1. The predicted octanol–water partition coefficient (Wildman–Crippen LogP) is 4.20. The summed E-state index contributed by atoms with van der Waals surface area (Å²) >= 11 is 5.78. The minimum absolute atomic E-state index is 0.0874. The molecule has 0 fully saturated rings. The van der Waals surface area contributed by atoms with Crippen molar-refractivity contribution < 1.29 is 14.2 Å². The van der Waals surface area contributed by atoms with Gasteiger partial charge in [0.25, 0.3) is 0 Å². The quantitative estimate of drug-likeness (QED) is 0.869. The maximum atomic E-state index is 13.2. The van der Waals surface area contributed by atoms with Crippen molar-refractivity contribution in [3.63, 3.8) is 0 Å². The fraction of sp³-hybridized carbons (Fsp3) is 0.200. The summed E-state index contributed by atoms with van der Waals surface area (Å²) in [7, 11) is 0. The van der Waals surface area contributed by atoms with E-state index < -0.39 is 5.82 Å². The minimum Gasteiger partial charge on any atom is -0.504 e. The summed E-state index contributed by atoms with van der Waals surface area (Å²) in [6.45, 7) is 2.66. The third-order valence-corrected chi connectivity index (χ3v) is 2.95. The Bertz CT molecular complexity index is 584. The van der Waals surface area contributed by atoms with Crippen LogP contribution in [0, 0.1) is 5.82 Å². The summed E-state index contributed by atoms with van der Waals surface area (Å²) in [4.78, 5) is 0. The standard InChI is InChI=1S/C15H15ClFNO2/c1-2-20-14-5-3-4-10(15(14)19)9-18-13-7-11(16)6-12(17)8-13/h3-8,18-19H,2,9H2,1H3. The highest BCUT2D eigenvalue weighted by atomic mass is 35.5. The molecule has 0 atom stereocenters. The number of rotatable bonds is 5. The number of aromatic hydroxyl groups is 1. The van der Waals surface area contributed by atoms with Crippen molar-refractivity contribution in [2.75, 3.05) is 11.9 Å². The molecule has 5 heteroatoms. The number of phenolic OH excluding ortho intramolecular Hbond substituents is 1. The molecule has 3 nitrogen and oxygen atoms in total. The summed E-state index contributed by atoms with van der Waals surface area (Å²) in [6.07, 6.45) is 0. The molecular weight excluding hydrogens is 281 g/mol. The second-order valence-electron chi connectivity index (χ2n) is 4.21. The van der Waals surface area contributed by atoms with Crippen LogP contribution in [-0.4, -0.2) is 11.7 Å². The smallest absolute Gasteiger partial charge is 0.162 e. The molecule has 20 heavy (non-hydrogen) atoms. The highest BCUT2D eigenvalue weighted by Crippen LogP contribution is 2.30. The van der Waals surface area contributed by atoms with Crippen LogP contribution in [0.15, 0.2) is 36.4 Å². The summed E-state index contributed by atoms with van der Waals surface area (Å²) < 4.78 is 18.5. The van der Waals surface area contributed by atoms with Crippen LogP contribution in [0.3, 0.4) is 0 Å². The Morgan fingerprint density at radius 1 is 1.30 bits per heavy atom. The van der Waals surface area contributed by atoms with E-state index in [-0.39, 0.29) is 5.75 Å². The van der Waals surface area contributed by atoms with E-state index in [0.29, 0.717) is 35.2 Å². The molecule has 0 aliphatic rings. The molecule has 2 N–H and O–H groups in total. The zero-order valence-corrected chi connectivity index (χ0v) is 11.7. The molecule has 2 rings (SSSR count). The van der Waals surface area contributed by atoms with Gasteiger partial charge in [-0.2, -0.15) is 0 Å². The van der Waals surface area contributed by atoms with Gasteiger partial charge in [-0.15, -0.1) is 0 Å². The van der Waals surface area contributed by atoms with E-state index >= 15 is 0 Å². The van der Waals surface area contributed by atoms with Crippen molar-refractivity contribution in [1.29, 1.82) is 0 Å². The lowest BCUT2D eigenvalue weighted by Crippen LogP contribution is -2.01. The number of hydrogen-bond donors (Lipinski definition) is 2. The van der Waals surface area contributed by atoms with Crippen LogP contribution in [0.5, 0.6) is 11.5 Å². The predicted molar refractivity (Wildman–Crippen MR) is 78.0 cm³/mol. The van der Waals surface area contributed by atoms with Gasteiger partial charge in [0.2, 0.25) is 0 Å². The first-order valence-corrected chi connectivity index (χ1v) is 6.61. The molecule has 0 saturated heterocycles. The number of para-hydroxylation sites is 1. The SMILES string of the molecule is CCOc1cccc(CNc2cc(F)cc(Cl)c2)c1O. The molecule has 0 saturated carbocycles. The average molecular weight is 296 g/mol. The van der Waals surface area contributed by atoms with E-state index in [1.807, 2.05) is 6.92 Å². The van der Waals surface area contributed by atoms with Crippen LogP contribution in [0.2, 0.25) is 5.02 Å². The maximum absolute atomic E-state index is 13.2. The number of anilines is 1.